The van der Waals surface area contributed by atoms with Gasteiger partial charge in [-0.05, 0) is 85.0 Å². The molecule has 2 N–H and O–H groups in total. The van der Waals surface area contributed by atoms with E-state index in [2.05, 4.69) is 19.1 Å². The van der Waals surface area contributed by atoms with Crippen molar-refractivity contribution in [3.8, 4) is 5.75 Å². The minimum Gasteiger partial charge on any atom is -0.427 e. The van der Waals surface area contributed by atoms with Crippen LogP contribution in [0.25, 0.3) is 0 Å². The summed E-state index contributed by atoms with van der Waals surface area (Å²) in [5, 5.41) is 10.5. The highest BCUT2D eigenvalue weighted by atomic mass is 31.2. The molecule has 2 fully saturated rings. The number of hydrogen-bond acceptors (Lipinski definition) is 6. The molecule has 7 heteroatoms. The quantitative estimate of drug-likeness (QED) is 0.371. The lowest BCUT2D eigenvalue weighted by Gasteiger charge is -2.50. The van der Waals surface area contributed by atoms with Crippen molar-refractivity contribution in [3.63, 3.8) is 0 Å². The van der Waals surface area contributed by atoms with Crippen LogP contribution in [0.4, 0.5) is 0 Å². The molecule has 4 rings (SSSR count). The molecule has 162 valence electrons. The van der Waals surface area contributed by atoms with Crippen LogP contribution in [0.2, 0.25) is 0 Å². The fourth-order valence-corrected chi connectivity index (χ4v) is 6.50. The molecule has 0 bridgehead atoms. The number of methoxy groups -OCH3 is 1. The van der Waals surface area contributed by atoms with Crippen LogP contribution < -0.4 is 4.52 Å². The summed E-state index contributed by atoms with van der Waals surface area (Å²) in [6.07, 6.45) is 6.44. The van der Waals surface area contributed by atoms with E-state index in [1.165, 1.54) is 17.5 Å². The molecule has 6 nitrogen and oxygen atoms in total. The van der Waals surface area contributed by atoms with Gasteiger partial charge < -0.3 is 24.0 Å². The first-order valence-corrected chi connectivity index (χ1v) is 11.8. The molecule has 6 atom stereocenters. The molecule has 0 amide bonds. The molecule has 2 saturated carbocycles. The number of benzene rings is 1. The molecular weight excluding hydrogens is 391 g/mol. The van der Waals surface area contributed by atoms with Crippen molar-refractivity contribution in [2.45, 2.75) is 57.5 Å². The predicted molar refractivity (Wildman–Crippen MR) is 111 cm³/mol. The van der Waals surface area contributed by atoms with Crippen molar-refractivity contribution in [1.29, 1.82) is 0 Å². The topological polar surface area (TPSA) is 77.4 Å². The van der Waals surface area contributed by atoms with E-state index in [1.54, 1.807) is 7.11 Å². The summed E-state index contributed by atoms with van der Waals surface area (Å²) in [4.78, 5) is 9.99. The maximum atomic E-state index is 10.5. The zero-order valence-corrected chi connectivity index (χ0v) is 18.3. The summed E-state index contributed by atoms with van der Waals surface area (Å²) >= 11 is 0. The number of ether oxygens (including phenoxy) is 2. The zero-order chi connectivity index (χ0) is 20.4. The second-order valence-electron chi connectivity index (χ2n) is 8.89. The predicted octanol–water partition coefficient (Wildman–Crippen LogP) is 4.14. The molecule has 6 unspecified atom stereocenters. The molecular formula is C22H33O6P. The van der Waals surface area contributed by atoms with Crippen LogP contribution in [0, 0.1) is 17.3 Å². The number of aliphatic hydroxyl groups is 1. The lowest BCUT2D eigenvalue weighted by molar-refractivity contribution is -0.0226. The average molecular weight is 424 g/mol. The zero-order valence-electron chi connectivity index (χ0n) is 17.4. The van der Waals surface area contributed by atoms with Crippen LogP contribution in [-0.4, -0.2) is 43.2 Å². The Hall–Kier alpha value is -0.750. The molecule has 3 aliphatic rings. The summed E-state index contributed by atoms with van der Waals surface area (Å²) in [6.45, 7) is 3.19. The second-order valence-corrected chi connectivity index (χ2v) is 9.81. The summed E-state index contributed by atoms with van der Waals surface area (Å²) < 4.78 is 20.8. The van der Waals surface area contributed by atoms with Gasteiger partial charge >= 0.3 is 8.60 Å². The summed E-state index contributed by atoms with van der Waals surface area (Å²) in [7, 11) is -0.415. The Balaban J connectivity index is 1.37. The van der Waals surface area contributed by atoms with E-state index in [4.69, 9.17) is 18.5 Å². The van der Waals surface area contributed by atoms with Gasteiger partial charge in [0.1, 0.15) is 5.75 Å². The standard InChI is InChI=1S/C22H33O6P/c1-22-10-9-18-17-6-4-16(28-29(24)27-14-26-12-11-25-2)13-15(17)3-5-19(18)20(22)7-8-21(22)23/h4,6,13,18-21,23-24H,3,5,7-12,14H2,1-2H3. The highest BCUT2D eigenvalue weighted by Gasteiger charge is 2.54. The SMILES string of the molecule is COCCOCOP(O)Oc1ccc2c(c1)CCC1C2CCC2(C)C(O)CCC12. The second kappa shape index (κ2) is 9.17. The normalized spacial score (nSPS) is 34.2. The Bertz CT molecular complexity index is 700. The third-order valence-corrected chi connectivity index (χ3v) is 8.20. The van der Waals surface area contributed by atoms with Gasteiger partial charge in [0.25, 0.3) is 0 Å². The third-order valence-electron chi connectivity index (χ3n) is 7.51. The van der Waals surface area contributed by atoms with Crippen LogP contribution >= 0.6 is 8.60 Å². The molecule has 1 aromatic carbocycles. The van der Waals surface area contributed by atoms with Gasteiger partial charge in [0, 0.05) is 7.11 Å². The first-order chi connectivity index (χ1) is 14.0. The van der Waals surface area contributed by atoms with Gasteiger partial charge in [0.05, 0.1) is 19.3 Å². The Kier molecular flexibility index (Phi) is 6.79. The number of aliphatic hydroxyl groups excluding tert-OH is 1. The highest BCUT2D eigenvalue weighted by Crippen LogP contribution is 2.61. The van der Waals surface area contributed by atoms with E-state index in [1.807, 2.05) is 6.07 Å². The van der Waals surface area contributed by atoms with Crippen LogP contribution in [0.3, 0.4) is 0 Å². The Morgan fingerprint density at radius 3 is 2.86 bits per heavy atom. The molecule has 3 aliphatic carbocycles. The molecule has 0 radical (unpaired) electrons. The van der Waals surface area contributed by atoms with Crippen LogP contribution in [-0.2, 0) is 20.4 Å². The molecule has 29 heavy (non-hydrogen) atoms. The number of hydrogen-bond donors (Lipinski definition) is 2. The van der Waals surface area contributed by atoms with E-state index in [0.29, 0.717) is 36.7 Å². The van der Waals surface area contributed by atoms with Crippen molar-refractivity contribution in [3.05, 3.63) is 29.3 Å². The van der Waals surface area contributed by atoms with Gasteiger partial charge in [0.2, 0.25) is 0 Å². The first-order valence-electron chi connectivity index (χ1n) is 10.7. The maximum Gasteiger partial charge on any atom is 0.396 e. The fourth-order valence-electron chi connectivity index (χ4n) is 5.99. The summed E-state index contributed by atoms with van der Waals surface area (Å²) in [5.41, 5.74) is 2.87. The van der Waals surface area contributed by atoms with Crippen molar-refractivity contribution in [2.24, 2.45) is 17.3 Å². The number of rotatable bonds is 8. The molecule has 0 spiro atoms. The highest BCUT2D eigenvalue weighted by molar-refractivity contribution is 7.41. The fraction of sp³-hybridized carbons (Fsp3) is 0.727. The Morgan fingerprint density at radius 1 is 1.17 bits per heavy atom. The Morgan fingerprint density at radius 2 is 2.03 bits per heavy atom. The van der Waals surface area contributed by atoms with Gasteiger partial charge in [-0.2, -0.15) is 0 Å². The number of fused-ring (bicyclic) bond motifs is 5. The third kappa shape index (κ3) is 4.34. The van der Waals surface area contributed by atoms with E-state index in [-0.39, 0.29) is 18.3 Å². The van der Waals surface area contributed by atoms with Gasteiger partial charge in [0.15, 0.2) is 6.79 Å². The van der Waals surface area contributed by atoms with Crippen LogP contribution in [0.15, 0.2) is 18.2 Å². The largest absolute Gasteiger partial charge is 0.427 e. The van der Waals surface area contributed by atoms with Crippen LogP contribution in [0.5, 0.6) is 5.75 Å². The van der Waals surface area contributed by atoms with Crippen molar-refractivity contribution >= 4 is 8.60 Å². The van der Waals surface area contributed by atoms with Crippen molar-refractivity contribution in [2.75, 3.05) is 27.1 Å². The van der Waals surface area contributed by atoms with Crippen LogP contribution in [0.1, 0.15) is 56.1 Å². The van der Waals surface area contributed by atoms with Gasteiger partial charge in [-0.3, -0.25) is 4.52 Å². The van der Waals surface area contributed by atoms with Crippen molar-refractivity contribution in [1.82, 2.24) is 0 Å². The summed E-state index contributed by atoms with van der Waals surface area (Å²) in [6, 6.07) is 6.18. The number of aryl methyl sites for hydroxylation is 1. The average Bonchev–Trinajstić information content (AvgIpc) is 3.02. The van der Waals surface area contributed by atoms with Gasteiger partial charge in [-0.1, -0.05) is 13.0 Å². The van der Waals surface area contributed by atoms with E-state index in [0.717, 1.165) is 32.1 Å². The molecule has 0 aliphatic heterocycles. The smallest absolute Gasteiger partial charge is 0.396 e. The van der Waals surface area contributed by atoms with E-state index < -0.39 is 8.60 Å². The molecule has 0 saturated heterocycles. The van der Waals surface area contributed by atoms with Gasteiger partial charge in [-0.25, -0.2) is 0 Å². The maximum absolute atomic E-state index is 10.5. The van der Waals surface area contributed by atoms with Crippen molar-refractivity contribution < 1.29 is 28.5 Å². The molecule has 1 aromatic rings. The van der Waals surface area contributed by atoms with Gasteiger partial charge in [-0.15, -0.1) is 0 Å². The minimum atomic E-state index is -2.02. The Labute approximate surface area is 174 Å². The monoisotopic (exact) mass is 424 g/mol. The summed E-state index contributed by atoms with van der Waals surface area (Å²) in [5.74, 6) is 2.53. The van der Waals surface area contributed by atoms with E-state index >= 15 is 0 Å². The minimum absolute atomic E-state index is 0.0216. The lowest BCUT2D eigenvalue weighted by atomic mass is 9.55. The molecule has 0 heterocycles. The van der Waals surface area contributed by atoms with E-state index in [9.17, 15) is 10.00 Å². The molecule has 0 aromatic heterocycles. The first kappa shape index (κ1) is 21.5. The lowest BCUT2D eigenvalue weighted by Crippen LogP contribution is -2.43.